The summed E-state index contributed by atoms with van der Waals surface area (Å²) in [6.07, 6.45) is 4.35. The molecule has 3 rings (SSSR count). The van der Waals surface area contributed by atoms with E-state index in [0.717, 1.165) is 12.0 Å². The fourth-order valence-corrected chi connectivity index (χ4v) is 2.64. The highest BCUT2D eigenvalue weighted by atomic mass is 19.1. The minimum Gasteiger partial charge on any atom is -0.321 e. The Balaban J connectivity index is 1.72. The van der Waals surface area contributed by atoms with Gasteiger partial charge >= 0.3 is 0 Å². The molecule has 0 unspecified atom stereocenters. The smallest absolute Gasteiger partial charge is 0.248 e. The molecule has 1 N–H and O–H groups in total. The number of carbonyl (C=O) groups is 2. The summed E-state index contributed by atoms with van der Waals surface area (Å²) in [5, 5.41) is 2.80. The number of anilines is 2. The first-order valence-electron chi connectivity index (χ1n) is 7.77. The van der Waals surface area contributed by atoms with E-state index >= 15 is 0 Å². The van der Waals surface area contributed by atoms with Crippen molar-refractivity contribution >= 4 is 29.3 Å². The summed E-state index contributed by atoms with van der Waals surface area (Å²) in [5.74, 6) is -0.558. The van der Waals surface area contributed by atoms with Crippen LogP contribution in [0.2, 0.25) is 0 Å². The molecular weight excluding hydrogens is 307 g/mol. The molecule has 4 nitrogen and oxygen atoms in total. The Labute approximate surface area is 139 Å². The number of nitrogens with one attached hydrogen (secondary N) is 1. The predicted molar refractivity (Wildman–Crippen MR) is 92.1 cm³/mol. The highest BCUT2D eigenvalue weighted by Gasteiger charge is 2.23. The highest BCUT2D eigenvalue weighted by molar-refractivity contribution is 6.06. The summed E-state index contributed by atoms with van der Waals surface area (Å²) in [6.45, 7) is 0.664. The van der Waals surface area contributed by atoms with Crippen LogP contribution in [-0.2, 0) is 9.59 Å². The van der Waals surface area contributed by atoms with Crippen LogP contribution in [0.5, 0.6) is 0 Å². The average molecular weight is 324 g/mol. The molecule has 1 heterocycles. The first-order valence-corrected chi connectivity index (χ1v) is 7.77. The first kappa shape index (κ1) is 15.9. The van der Waals surface area contributed by atoms with Crippen molar-refractivity contribution in [3.05, 3.63) is 66.0 Å². The third-order valence-corrected chi connectivity index (χ3v) is 3.82. The molecule has 24 heavy (non-hydrogen) atoms. The molecule has 0 saturated carbocycles. The number of carbonyl (C=O) groups excluding carboxylic acids is 2. The second-order valence-corrected chi connectivity index (χ2v) is 5.54. The van der Waals surface area contributed by atoms with E-state index in [4.69, 9.17) is 0 Å². The molecule has 1 fully saturated rings. The van der Waals surface area contributed by atoms with Crippen LogP contribution < -0.4 is 10.2 Å². The van der Waals surface area contributed by atoms with Crippen LogP contribution in [0.3, 0.4) is 0 Å². The van der Waals surface area contributed by atoms with Gasteiger partial charge in [-0.2, -0.15) is 0 Å². The molecule has 122 valence electrons. The van der Waals surface area contributed by atoms with Gasteiger partial charge in [0, 0.05) is 19.0 Å². The molecule has 2 aromatic rings. The molecule has 0 aromatic heterocycles. The fourth-order valence-electron chi connectivity index (χ4n) is 2.64. The summed E-state index contributed by atoms with van der Waals surface area (Å²) in [6, 6.07) is 13.1. The number of hydrogen-bond donors (Lipinski definition) is 1. The maximum absolute atomic E-state index is 12.9. The summed E-state index contributed by atoms with van der Waals surface area (Å²) < 4.78 is 12.9. The first-order chi connectivity index (χ1) is 11.6. The zero-order valence-corrected chi connectivity index (χ0v) is 13.0. The lowest BCUT2D eigenvalue weighted by atomic mass is 10.2. The van der Waals surface area contributed by atoms with Gasteiger partial charge in [-0.05, 0) is 42.3 Å². The molecule has 0 bridgehead atoms. The van der Waals surface area contributed by atoms with E-state index in [-0.39, 0.29) is 17.6 Å². The summed E-state index contributed by atoms with van der Waals surface area (Å²) in [7, 11) is 0. The van der Waals surface area contributed by atoms with E-state index in [1.165, 1.54) is 18.2 Å². The average Bonchev–Trinajstić information content (AvgIpc) is 3.01. The topological polar surface area (TPSA) is 49.4 Å². The predicted octanol–water partition coefficient (Wildman–Crippen LogP) is 3.60. The molecule has 0 spiro atoms. The van der Waals surface area contributed by atoms with Gasteiger partial charge in [-0.25, -0.2) is 4.39 Å². The maximum atomic E-state index is 12.9. The molecule has 0 radical (unpaired) electrons. The monoisotopic (exact) mass is 324 g/mol. The van der Waals surface area contributed by atoms with Crippen LogP contribution in [0.15, 0.2) is 54.6 Å². The van der Waals surface area contributed by atoms with Crippen molar-refractivity contribution in [2.24, 2.45) is 0 Å². The normalized spacial score (nSPS) is 14.4. The lowest BCUT2D eigenvalue weighted by Gasteiger charge is -2.19. The van der Waals surface area contributed by atoms with Gasteiger partial charge in [-0.3, -0.25) is 9.59 Å². The SMILES string of the molecule is O=C(C=Cc1ccc(F)cc1)Nc1ccccc1N1CCCC1=O. The molecule has 0 atom stereocenters. The van der Waals surface area contributed by atoms with Gasteiger partial charge in [-0.1, -0.05) is 24.3 Å². The van der Waals surface area contributed by atoms with Crippen molar-refractivity contribution in [3.63, 3.8) is 0 Å². The molecule has 5 heteroatoms. The number of amides is 2. The van der Waals surface area contributed by atoms with Gasteiger partial charge < -0.3 is 10.2 Å². The van der Waals surface area contributed by atoms with Gasteiger partial charge in [0.2, 0.25) is 11.8 Å². The van der Waals surface area contributed by atoms with Crippen LogP contribution in [0.4, 0.5) is 15.8 Å². The van der Waals surface area contributed by atoms with Crippen molar-refractivity contribution in [3.8, 4) is 0 Å². The molecule has 1 saturated heterocycles. The van der Waals surface area contributed by atoms with Gasteiger partial charge in [0.05, 0.1) is 11.4 Å². The van der Waals surface area contributed by atoms with Crippen molar-refractivity contribution in [2.45, 2.75) is 12.8 Å². The molecule has 1 aliphatic heterocycles. The molecule has 2 amide bonds. The minimum atomic E-state index is -0.319. The molecular formula is C19H17FN2O2. The second-order valence-electron chi connectivity index (χ2n) is 5.54. The van der Waals surface area contributed by atoms with E-state index in [9.17, 15) is 14.0 Å². The summed E-state index contributed by atoms with van der Waals surface area (Å²) in [4.78, 5) is 25.7. The van der Waals surface area contributed by atoms with Crippen molar-refractivity contribution in [1.82, 2.24) is 0 Å². The molecule has 1 aliphatic rings. The van der Waals surface area contributed by atoms with Crippen LogP contribution >= 0.6 is 0 Å². The minimum absolute atomic E-state index is 0.0681. The third-order valence-electron chi connectivity index (χ3n) is 3.82. The van der Waals surface area contributed by atoms with Crippen LogP contribution in [0, 0.1) is 5.82 Å². The van der Waals surface area contributed by atoms with Gasteiger partial charge in [0.25, 0.3) is 0 Å². The fraction of sp³-hybridized carbons (Fsp3) is 0.158. The maximum Gasteiger partial charge on any atom is 0.248 e. The van der Waals surface area contributed by atoms with Crippen LogP contribution in [0.1, 0.15) is 18.4 Å². The number of nitrogens with zero attached hydrogens (tertiary/aromatic N) is 1. The van der Waals surface area contributed by atoms with E-state index in [1.54, 1.807) is 29.2 Å². The van der Waals surface area contributed by atoms with E-state index in [0.29, 0.717) is 24.3 Å². The van der Waals surface area contributed by atoms with Crippen LogP contribution in [-0.4, -0.2) is 18.4 Å². The summed E-state index contributed by atoms with van der Waals surface area (Å²) in [5.41, 5.74) is 2.04. The standard InChI is InChI=1S/C19H17FN2O2/c20-15-10-7-14(8-11-15)9-12-18(23)21-16-4-1-2-5-17(16)22-13-3-6-19(22)24/h1-2,4-5,7-12H,3,6,13H2,(H,21,23). The van der Waals surface area contributed by atoms with Crippen molar-refractivity contribution in [2.75, 3.05) is 16.8 Å². The molecule has 2 aromatic carbocycles. The van der Waals surface area contributed by atoms with Gasteiger partial charge in [-0.15, -0.1) is 0 Å². The Bertz CT molecular complexity index is 784. The van der Waals surface area contributed by atoms with Crippen LogP contribution in [0.25, 0.3) is 6.08 Å². The number of para-hydroxylation sites is 2. The van der Waals surface area contributed by atoms with E-state index in [1.807, 2.05) is 18.2 Å². The number of benzene rings is 2. The zero-order valence-electron chi connectivity index (χ0n) is 13.0. The Morgan fingerprint density at radius 3 is 2.58 bits per heavy atom. The largest absolute Gasteiger partial charge is 0.321 e. The third kappa shape index (κ3) is 3.68. The lowest BCUT2D eigenvalue weighted by Crippen LogP contribution is -2.25. The quantitative estimate of drug-likeness (QED) is 0.874. The molecule has 0 aliphatic carbocycles. The number of halogens is 1. The summed E-state index contributed by atoms with van der Waals surface area (Å²) >= 11 is 0. The Kier molecular flexibility index (Phi) is 4.70. The zero-order chi connectivity index (χ0) is 16.9. The van der Waals surface area contributed by atoms with Gasteiger partial charge in [0.15, 0.2) is 0 Å². The second kappa shape index (κ2) is 7.08. The Morgan fingerprint density at radius 1 is 1.12 bits per heavy atom. The van der Waals surface area contributed by atoms with Crippen molar-refractivity contribution < 1.29 is 14.0 Å². The van der Waals surface area contributed by atoms with E-state index < -0.39 is 0 Å². The van der Waals surface area contributed by atoms with E-state index in [2.05, 4.69) is 5.32 Å². The Morgan fingerprint density at radius 2 is 1.88 bits per heavy atom. The van der Waals surface area contributed by atoms with Gasteiger partial charge in [0.1, 0.15) is 5.82 Å². The number of hydrogen-bond acceptors (Lipinski definition) is 2. The lowest BCUT2D eigenvalue weighted by molar-refractivity contribution is -0.117. The highest BCUT2D eigenvalue weighted by Crippen LogP contribution is 2.29. The number of rotatable bonds is 4. The van der Waals surface area contributed by atoms with Crippen molar-refractivity contribution in [1.29, 1.82) is 0 Å². The Hall–Kier alpha value is -2.95.